The van der Waals surface area contributed by atoms with Crippen molar-refractivity contribution in [1.82, 2.24) is 5.32 Å². The molecule has 2 heterocycles. The van der Waals surface area contributed by atoms with E-state index < -0.39 is 0 Å². The molecule has 2 saturated heterocycles. The van der Waals surface area contributed by atoms with E-state index in [9.17, 15) is 0 Å². The van der Waals surface area contributed by atoms with Crippen LogP contribution in [-0.2, 0) is 4.74 Å². The third kappa shape index (κ3) is 1.80. The predicted molar refractivity (Wildman–Crippen MR) is 79.6 cm³/mol. The summed E-state index contributed by atoms with van der Waals surface area (Å²) in [6.45, 7) is 4.41. The van der Waals surface area contributed by atoms with E-state index in [0.717, 1.165) is 0 Å². The first kappa shape index (κ1) is 12.1. The molecule has 4 unspecified atom stereocenters. The molecule has 0 spiro atoms. The monoisotopic (exact) mass is 265 g/mol. The Morgan fingerprint density at radius 2 is 1.75 bits per heavy atom. The number of benzene rings is 2. The summed E-state index contributed by atoms with van der Waals surface area (Å²) in [6, 6.07) is 17.7. The van der Waals surface area contributed by atoms with E-state index in [4.69, 9.17) is 4.74 Å². The van der Waals surface area contributed by atoms with Gasteiger partial charge in [0.1, 0.15) is 6.23 Å². The van der Waals surface area contributed by atoms with Crippen molar-refractivity contribution >= 4 is 0 Å². The number of hydrogen-bond acceptors (Lipinski definition) is 2. The van der Waals surface area contributed by atoms with Gasteiger partial charge in [0.05, 0.1) is 12.1 Å². The molecular weight excluding hydrogens is 246 g/mol. The number of hydrogen-bond donors (Lipinski definition) is 1. The van der Waals surface area contributed by atoms with E-state index in [0.29, 0.717) is 12.0 Å². The van der Waals surface area contributed by atoms with Crippen LogP contribution < -0.4 is 5.32 Å². The number of aryl methyl sites for hydroxylation is 1. The molecule has 2 aliphatic rings. The lowest BCUT2D eigenvalue weighted by atomic mass is 9.84. The average Bonchev–Trinajstić information content (AvgIpc) is 3.15. The summed E-state index contributed by atoms with van der Waals surface area (Å²) < 4.78 is 6.17. The fourth-order valence-corrected chi connectivity index (χ4v) is 3.40. The molecular formula is C18H19NO. The molecule has 0 amide bonds. The molecule has 0 radical (unpaired) electrons. The molecule has 0 aliphatic carbocycles. The van der Waals surface area contributed by atoms with E-state index in [-0.39, 0.29) is 12.3 Å². The Morgan fingerprint density at radius 1 is 0.950 bits per heavy atom. The normalized spacial score (nSPS) is 31.1. The highest BCUT2D eigenvalue weighted by atomic mass is 16.5. The van der Waals surface area contributed by atoms with Gasteiger partial charge in [0, 0.05) is 5.92 Å². The fourth-order valence-electron chi connectivity index (χ4n) is 3.40. The Kier molecular flexibility index (Phi) is 2.69. The van der Waals surface area contributed by atoms with Crippen LogP contribution in [0.1, 0.15) is 34.3 Å². The zero-order valence-electron chi connectivity index (χ0n) is 11.8. The van der Waals surface area contributed by atoms with E-state index in [2.05, 4.69) is 67.7 Å². The minimum atomic E-state index is 0.174. The van der Waals surface area contributed by atoms with Crippen LogP contribution in [0.15, 0.2) is 48.5 Å². The van der Waals surface area contributed by atoms with Gasteiger partial charge in [0.2, 0.25) is 0 Å². The first-order chi connectivity index (χ1) is 9.75. The van der Waals surface area contributed by atoms with Crippen LogP contribution in [0.4, 0.5) is 0 Å². The minimum Gasteiger partial charge on any atom is -0.353 e. The van der Waals surface area contributed by atoms with Crippen molar-refractivity contribution in [2.75, 3.05) is 0 Å². The van der Waals surface area contributed by atoms with Crippen LogP contribution in [0.5, 0.6) is 0 Å². The van der Waals surface area contributed by atoms with Crippen LogP contribution in [0.2, 0.25) is 0 Å². The maximum Gasteiger partial charge on any atom is 0.125 e. The number of nitrogens with one attached hydrogen (secondary N) is 1. The summed E-state index contributed by atoms with van der Waals surface area (Å²) in [7, 11) is 0. The van der Waals surface area contributed by atoms with E-state index in [1.54, 1.807) is 0 Å². The maximum absolute atomic E-state index is 6.17. The van der Waals surface area contributed by atoms with Gasteiger partial charge in [-0.25, -0.2) is 0 Å². The van der Waals surface area contributed by atoms with Crippen LogP contribution in [0, 0.1) is 13.8 Å². The summed E-state index contributed by atoms with van der Waals surface area (Å²) in [5.74, 6) is 0.419. The van der Waals surface area contributed by atoms with Crippen molar-refractivity contribution in [3.63, 3.8) is 0 Å². The molecule has 1 N–H and O–H groups in total. The molecule has 0 bridgehead atoms. The summed E-state index contributed by atoms with van der Waals surface area (Å²) in [5, 5.41) is 3.44. The molecule has 2 nitrogen and oxygen atoms in total. The third-order valence-corrected chi connectivity index (χ3v) is 4.71. The van der Waals surface area contributed by atoms with Gasteiger partial charge < -0.3 is 4.74 Å². The van der Waals surface area contributed by atoms with Crippen LogP contribution in [-0.4, -0.2) is 12.3 Å². The fraction of sp³-hybridized carbons (Fsp3) is 0.333. The van der Waals surface area contributed by atoms with Gasteiger partial charge >= 0.3 is 0 Å². The van der Waals surface area contributed by atoms with E-state index in [1.807, 2.05) is 0 Å². The number of ether oxygens (including phenoxy) is 1. The molecule has 2 heteroatoms. The molecule has 0 aromatic heterocycles. The molecule has 2 aromatic carbocycles. The van der Waals surface area contributed by atoms with Gasteiger partial charge in [-0.3, -0.25) is 5.32 Å². The zero-order chi connectivity index (χ0) is 13.7. The lowest BCUT2D eigenvalue weighted by Gasteiger charge is -2.24. The average molecular weight is 265 g/mol. The summed E-state index contributed by atoms with van der Waals surface area (Å²) >= 11 is 0. The molecule has 102 valence electrons. The van der Waals surface area contributed by atoms with Gasteiger partial charge in [0.15, 0.2) is 0 Å². The second-order valence-corrected chi connectivity index (χ2v) is 5.90. The lowest BCUT2D eigenvalue weighted by molar-refractivity contribution is 0.0565. The topological polar surface area (TPSA) is 31.2 Å². The number of rotatable bonds is 2. The summed E-state index contributed by atoms with van der Waals surface area (Å²) in [4.78, 5) is 0. The smallest absolute Gasteiger partial charge is 0.125 e. The SMILES string of the molecule is Cc1cccc(C2C(c3ccccc3)OC3NC32)c1C. The Hall–Kier alpha value is -1.64. The molecule has 2 aromatic rings. The van der Waals surface area contributed by atoms with Crippen LogP contribution in [0.3, 0.4) is 0 Å². The van der Waals surface area contributed by atoms with E-state index >= 15 is 0 Å². The van der Waals surface area contributed by atoms with Crippen molar-refractivity contribution in [2.45, 2.75) is 38.1 Å². The first-order valence-corrected chi connectivity index (χ1v) is 7.28. The van der Waals surface area contributed by atoms with Gasteiger partial charge in [-0.1, -0.05) is 48.5 Å². The highest BCUT2D eigenvalue weighted by Crippen LogP contribution is 2.50. The van der Waals surface area contributed by atoms with E-state index in [1.165, 1.54) is 22.3 Å². The molecule has 2 fully saturated rings. The summed E-state index contributed by atoms with van der Waals surface area (Å²) in [5.41, 5.74) is 5.47. The quantitative estimate of drug-likeness (QED) is 0.843. The molecule has 0 saturated carbocycles. The van der Waals surface area contributed by atoms with Gasteiger partial charge in [-0.05, 0) is 36.1 Å². The highest BCUT2D eigenvalue weighted by Gasteiger charge is 2.55. The Morgan fingerprint density at radius 3 is 2.55 bits per heavy atom. The number of fused-ring (bicyclic) bond motifs is 1. The van der Waals surface area contributed by atoms with Crippen molar-refractivity contribution in [3.8, 4) is 0 Å². The largest absolute Gasteiger partial charge is 0.353 e. The van der Waals surface area contributed by atoms with Crippen molar-refractivity contribution < 1.29 is 4.74 Å². The van der Waals surface area contributed by atoms with Gasteiger partial charge in [-0.15, -0.1) is 0 Å². The second kappa shape index (κ2) is 4.44. The Bertz CT molecular complexity index is 637. The Balaban J connectivity index is 1.77. The molecule has 4 rings (SSSR count). The van der Waals surface area contributed by atoms with Gasteiger partial charge in [0.25, 0.3) is 0 Å². The molecule has 2 aliphatic heterocycles. The summed E-state index contributed by atoms with van der Waals surface area (Å²) in [6.07, 6.45) is 0.415. The van der Waals surface area contributed by atoms with Crippen molar-refractivity contribution in [3.05, 3.63) is 70.8 Å². The standard InChI is InChI=1S/C18H19NO/c1-11-7-6-10-14(12(11)2)15-16-18(19-16)20-17(15)13-8-4-3-5-9-13/h3-10,15-19H,1-2H3. The maximum atomic E-state index is 6.17. The first-order valence-electron chi connectivity index (χ1n) is 7.28. The molecule has 20 heavy (non-hydrogen) atoms. The van der Waals surface area contributed by atoms with Crippen LogP contribution in [0.25, 0.3) is 0 Å². The Labute approximate surface area is 119 Å². The zero-order valence-corrected chi connectivity index (χ0v) is 11.8. The lowest BCUT2D eigenvalue weighted by Crippen LogP contribution is -2.18. The minimum absolute atomic E-state index is 0.174. The van der Waals surface area contributed by atoms with Crippen molar-refractivity contribution in [2.24, 2.45) is 0 Å². The van der Waals surface area contributed by atoms with Crippen molar-refractivity contribution in [1.29, 1.82) is 0 Å². The predicted octanol–water partition coefficient (Wildman–Crippen LogP) is 3.46. The van der Waals surface area contributed by atoms with Gasteiger partial charge in [-0.2, -0.15) is 0 Å². The highest BCUT2D eigenvalue weighted by molar-refractivity contribution is 5.41. The second-order valence-electron chi connectivity index (χ2n) is 5.90. The van der Waals surface area contributed by atoms with Crippen LogP contribution >= 0.6 is 0 Å². The molecule has 4 atom stereocenters. The third-order valence-electron chi connectivity index (χ3n) is 4.71.